The number of rotatable bonds is 5. The summed E-state index contributed by atoms with van der Waals surface area (Å²) >= 11 is 3.26. The maximum Gasteiger partial charge on any atom is 0.330 e. The highest BCUT2D eigenvalue weighted by atomic mass is 79.9. The first-order valence-corrected chi connectivity index (χ1v) is 12.3. The predicted molar refractivity (Wildman–Crippen MR) is 100 cm³/mol. The van der Waals surface area contributed by atoms with Crippen LogP contribution < -0.4 is 11.2 Å². The molecule has 1 fully saturated rings. The number of aromatic nitrogens is 2. The first-order chi connectivity index (χ1) is 11.0. The van der Waals surface area contributed by atoms with Gasteiger partial charge in [0.15, 0.2) is 8.32 Å². The van der Waals surface area contributed by atoms with Crippen molar-refractivity contribution in [2.24, 2.45) is 0 Å². The normalized spacial score (nSPS) is 22.1. The summed E-state index contributed by atoms with van der Waals surface area (Å²) in [4.78, 5) is 26.0. The Labute approximate surface area is 151 Å². The van der Waals surface area contributed by atoms with Crippen LogP contribution in [0.25, 0.3) is 0 Å². The highest BCUT2D eigenvalue weighted by Gasteiger charge is 2.38. The summed E-state index contributed by atoms with van der Waals surface area (Å²) in [5.41, 5.74) is -0.274. The summed E-state index contributed by atoms with van der Waals surface area (Å²) in [5, 5.41) is 0.554. The molecular weight excluding hydrogens is 392 g/mol. The number of alkyl halides is 1. The number of H-pyrrole nitrogens is 1. The number of aromatic amines is 1. The molecule has 0 unspecified atom stereocenters. The molecule has 1 aromatic heterocycles. The van der Waals surface area contributed by atoms with E-state index in [1.807, 2.05) is 0 Å². The molecule has 6 nitrogen and oxygen atoms in total. The Morgan fingerprint density at radius 3 is 2.62 bits per heavy atom. The monoisotopic (exact) mass is 418 g/mol. The molecule has 2 heterocycles. The molecule has 0 bridgehead atoms. The van der Waals surface area contributed by atoms with Crippen molar-refractivity contribution in [1.29, 1.82) is 0 Å². The molecule has 2 atom stereocenters. The van der Waals surface area contributed by atoms with Gasteiger partial charge in [-0.05, 0) is 31.0 Å². The summed E-state index contributed by atoms with van der Waals surface area (Å²) in [5.74, 6) is 0. The standard InChI is InChI=1S/C16H27BrN2O4Si/c1-16(2,3)24(4,5)22-10-12-6-7-13(23-12)19-9-11(8-17)14(20)18-15(19)21/h9,12-13H,6-8,10H2,1-5H3,(H,18,20,21)/t12-,13+/m0/s1. The summed E-state index contributed by atoms with van der Waals surface area (Å²) < 4.78 is 13.7. The third-order valence-corrected chi connectivity index (χ3v) is 10.1. The van der Waals surface area contributed by atoms with Crippen LogP contribution in [0.2, 0.25) is 18.1 Å². The van der Waals surface area contributed by atoms with Crippen LogP contribution in [0.5, 0.6) is 0 Å². The van der Waals surface area contributed by atoms with Crippen molar-refractivity contribution in [3.63, 3.8) is 0 Å². The van der Waals surface area contributed by atoms with Gasteiger partial charge in [0, 0.05) is 17.1 Å². The molecule has 136 valence electrons. The van der Waals surface area contributed by atoms with Gasteiger partial charge in [0.05, 0.1) is 12.7 Å². The number of halogens is 1. The fourth-order valence-electron chi connectivity index (χ4n) is 2.37. The lowest BCUT2D eigenvalue weighted by Gasteiger charge is -2.36. The van der Waals surface area contributed by atoms with Crippen LogP contribution in [0.15, 0.2) is 15.8 Å². The van der Waals surface area contributed by atoms with Crippen molar-refractivity contribution in [3.8, 4) is 0 Å². The second-order valence-electron chi connectivity index (χ2n) is 7.82. The SMILES string of the molecule is CC(C)(C)[Si](C)(C)OC[C@@H]1CC[C@H](n2cc(CBr)c(=O)[nH]c2=O)O1. The molecule has 0 aliphatic carbocycles. The van der Waals surface area contributed by atoms with Crippen LogP contribution in [0.4, 0.5) is 0 Å². The van der Waals surface area contributed by atoms with Gasteiger partial charge in [0.25, 0.3) is 5.56 Å². The van der Waals surface area contributed by atoms with E-state index in [0.717, 1.165) is 12.8 Å². The van der Waals surface area contributed by atoms with E-state index >= 15 is 0 Å². The average molecular weight is 419 g/mol. The van der Waals surface area contributed by atoms with Gasteiger partial charge < -0.3 is 9.16 Å². The van der Waals surface area contributed by atoms with Gasteiger partial charge in [-0.2, -0.15) is 0 Å². The first kappa shape index (κ1) is 19.6. The number of nitrogens with one attached hydrogen (secondary N) is 1. The molecule has 1 N–H and O–H groups in total. The molecule has 1 aliphatic rings. The minimum atomic E-state index is -1.81. The Hall–Kier alpha value is -0.703. The van der Waals surface area contributed by atoms with Gasteiger partial charge in [-0.3, -0.25) is 14.3 Å². The third kappa shape index (κ3) is 4.28. The molecular formula is C16H27BrN2O4Si. The lowest BCUT2D eigenvalue weighted by molar-refractivity contribution is -0.0223. The third-order valence-electron chi connectivity index (χ3n) is 5.02. The molecule has 1 saturated heterocycles. The van der Waals surface area contributed by atoms with Crippen LogP contribution in [0.1, 0.15) is 45.4 Å². The van der Waals surface area contributed by atoms with Gasteiger partial charge in [0.2, 0.25) is 0 Å². The minimum absolute atomic E-state index is 0.0182. The van der Waals surface area contributed by atoms with Crippen LogP contribution in [0, 0.1) is 0 Å². The lowest BCUT2D eigenvalue weighted by atomic mass is 10.2. The summed E-state index contributed by atoms with van der Waals surface area (Å²) in [6, 6.07) is 0. The minimum Gasteiger partial charge on any atom is -0.414 e. The van der Waals surface area contributed by atoms with E-state index < -0.39 is 14.0 Å². The molecule has 0 saturated carbocycles. The Balaban J connectivity index is 2.04. The smallest absolute Gasteiger partial charge is 0.330 e. The van der Waals surface area contributed by atoms with E-state index in [9.17, 15) is 9.59 Å². The van der Waals surface area contributed by atoms with E-state index in [2.05, 4.69) is 54.8 Å². The number of nitrogens with zero attached hydrogens (tertiary/aromatic N) is 1. The zero-order valence-electron chi connectivity index (χ0n) is 15.0. The molecule has 1 aromatic rings. The summed E-state index contributed by atoms with van der Waals surface area (Å²) in [6.07, 6.45) is 2.79. The van der Waals surface area contributed by atoms with Crippen molar-refractivity contribution < 1.29 is 9.16 Å². The number of ether oxygens (including phenoxy) is 1. The van der Waals surface area contributed by atoms with Crippen molar-refractivity contribution in [2.45, 2.75) is 69.4 Å². The van der Waals surface area contributed by atoms with Crippen molar-refractivity contribution in [3.05, 3.63) is 32.6 Å². The van der Waals surface area contributed by atoms with Gasteiger partial charge in [-0.15, -0.1) is 0 Å². The van der Waals surface area contributed by atoms with Crippen LogP contribution in [-0.4, -0.2) is 30.6 Å². The first-order valence-electron chi connectivity index (χ1n) is 8.25. The largest absolute Gasteiger partial charge is 0.414 e. The molecule has 24 heavy (non-hydrogen) atoms. The summed E-state index contributed by atoms with van der Waals surface area (Å²) in [7, 11) is -1.81. The van der Waals surface area contributed by atoms with Gasteiger partial charge in [0.1, 0.15) is 6.23 Å². The van der Waals surface area contributed by atoms with Crippen molar-refractivity contribution in [2.75, 3.05) is 6.61 Å². The quantitative estimate of drug-likeness (QED) is 0.588. The zero-order valence-corrected chi connectivity index (χ0v) is 17.6. The summed E-state index contributed by atoms with van der Waals surface area (Å²) in [6.45, 7) is 11.6. The molecule has 2 rings (SSSR count). The second-order valence-corrected chi connectivity index (χ2v) is 13.2. The van der Waals surface area contributed by atoms with Crippen molar-refractivity contribution in [1.82, 2.24) is 9.55 Å². The maximum absolute atomic E-state index is 12.0. The van der Waals surface area contributed by atoms with E-state index in [-0.39, 0.29) is 22.9 Å². The van der Waals surface area contributed by atoms with Crippen molar-refractivity contribution >= 4 is 24.2 Å². The van der Waals surface area contributed by atoms with Crippen LogP contribution in [0.3, 0.4) is 0 Å². The Morgan fingerprint density at radius 2 is 2.04 bits per heavy atom. The van der Waals surface area contributed by atoms with Crippen LogP contribution in [-0.2, 0) is 14.5 Å². The fourth-order valence-corrected chi connectivity index (χ4v) is 3.80. The number of hydrogen-bond donors (Lipinski definition) is 1. The zero-order chi connectivity index (χ0) is 18.1. The van der Waals surface area contributed by atoms with Gasteiger partial charge >= 0.3 is 5.69 Å². The van der Waals surface area contributed by atoms with Gasteiger partial charge in [-0.1, -0.05) is 36.7 Å². The highest BCUT2D eigenvalue weighted by molar-refractivity contribution is 9.08. The Bertz CT molecular complexity index is 693. The van der Waals surface area contributed by atoms with Crippen LogP contribution >= 0.6 is 15.9 Å². The van der Waals surface area contributed by atoms with E-state index in [0.29, 0.717) is 17.5 Å². The molecule has 8 heteroatoms. The Morgan fingerprint density at radius 1 is 1.38 bits per heavy atom. The molecule has 0 aromatic carbocycles. The molecule has 1 aliphatic heterocycles. The second kappa shape index (κ2) is 7.27. The molecule has 0 spiro atoms. The molecule has 0 amide bonds. The topological polar surface area (TPSA) is 73.3 Å². The molecule has 0 radical (unpaired) electrons. The van der Waals surface area contributed by atoms with E-state index in [1.165, 1.54) is 4.57 Å². The predicted octanol–water partition coefficient (Wildman–Crippen LogP) is 3.13. The Kier molecular flexibility index (Phi) is 5.94. The lowest BCUT2D eigenvalue weighted by Crippen LogP contribution is -2.42. The fraction of sp³-hybridized carbons (Fsp3) is 0.750. The highest BCUT2D eigenvalue weighted by Crippen LogP contribution is 2.37. The van der Waals surface area contributed by atoms with E-state index in [1.54, 1.807) is 6.20 Å². The van der Waals surface area contributed by atoms with Gasteiger partial charge in [-0.25, -0.2) is 4.79 Å². The average Bonchev–Trinajstić information content (AvgIpc) is 2.93. The number of hydrogen-bond acceptors (Lipinski definition) is 4. The maximum atomic E-state index is 12.0. The van der Waals surface area contributed by atoms with E-state index in [4.69, 9.17) is 9.16 Å².